The molecule has 0 saturated carbocycles. The molecular weight excluding hydrogens is 410 g/mol. The van der Waals surface area contributed by atoms with Gasteiger partial charge in [-0.25, -0.2) is 4.79 Å². The zero-order valence-corrected chi connectivity index (χ0v) is 17.9. The molecule has 3 heterocycles. The molecule has 0 aliphatic carbocycles. The van der Waals surface area contributed by atoms with E-state index in [0.717, 1.165) is 24.0 Å². The van der Waals surface area contributed by atoms with Crippen LogP contribution < -0.4 is 5.43 Å². The molecule has 0 bridgehead atoms. The molecule has 0 radical (unpaired) electrons. The van der Waals surface area contributed by atoms with Crippen LogP contribution in [0.3, 0.4) is 0 Å². The van der Waals surface area contributed by atoms with Crippen LogP contribution in [0.15, 0.2) is 51.7 Å². The molecule has 1 aromatic heterocycles. The normalized spacial score (nSPS) is 20.1. The standard InChI is InChI=1S/C25H23NO6/c1-14-5-10-19-18(12-14)22(27)20-21(15-6-8-16(9-7-15)25(29)30-2)26(24(28)23(20)32-19)13-17-4-3-11-31-17/h5-10,12,17,21H,3-4,11,13H2,1-2H3. The third-order valence-corrected chi connectivity index (χ3v) is 6.19. The van der Waals surface area contributed by atoms with E-state index < -0.39 is 12.0 Å². The van der Waals surface area contributed by atoms with E-state index in [4.69, 9.17) is 13.9 Å². The van der Waals surface area contributed by atoms with Crippen molar-refractivity contribution in [1.29, 1.82) is 0 Å². The first-order chi connectivity index (χ1) is 15.5. The van der Waals surface area contributed by atoms with Gasteiger partial charge in [0.25, 0.3) is 5.91 Å². The lowest BCUT2D eigenvalue weighted by Gasteiger charge is -2.27. The quantitative estimate of drug-likeness (QED) is 0.585. The predicted molar refractivity (Wildman–Crippen MR) is 117 cm³/mol. The van der Waals surface area contributed by atoms with Crippen molar-refractivity contribution in [2.75, 3.05) is 20.3 Å². The summed E-state index contributed by atoms with van der Waals surface area (Å²) in [6, 6.07) is 11.5. The number of hydrogen-bond donors (Lipinski definition) is 0. The first-order valence-electron chi connectivity index (χ1n) is 10.7. The summed E-state index contributed by atoms with van der Waals surface area (Å²) in [5, 5.41) is 0.451. The van der Waals surface area contributed by atoms with Gasteiger partial charge in [0, 0.05) is 13.2 Å². The van der Waals surface area contributed by atoms with Gasteiger partial charge in [0.15, 0.2) is 5.43 Å². The number of carbonyl (C=O) groups excluding carboxylic acids is 2. The number of rotatable bonds is 4. The summed E-state index contributed by atoms with van der Waals surface area (Å²) in [5.74, 6) is -0.694. The number of fused-ring (bicyclic) bond motifs is 2. The number of methoxy groups -OCH3 is 1. The maximum Gasteiger partial charge on any atom is 0.337 e. The average molecular weight is 433 g/mol. The third kappa shape index (κ3) is 3.29. The highest BCUT2D eigenvalue weighted by atomic mass is 16.5. The Balaban J connectivity index is 1.66. The number of amides is 1. The van der Waals surface area contributed by atoms with Crippen molar-refractivity contribution in [3.05, 3.63) is 80.7 Å². The maximum absolute atomic E-state index is 13.6. The summed E-state index contributed by atoms with van der Waals surface area (Å²) in [6.45, 7) is 2.93. The lowest BCUT2D eigenvalue weighted by molar-refractivity contribution is 0.0486. The summed E-state index contributed by atoms with van der Waals surface area (Å²) in [7, 11) is 1.32. The Hall–Kier alpha value is -3.45. The minimum atomic E-state index is -0.616. The number of carbonyl (C=O) groups is 2. The van der Waals surface area contributed by atoms with Crippen molar-refractivity contribution in [1.82, 2.24) is 4.90 Å². The van der Waals surface area contributed by atoms with Crippen molar-refractivity contribution < 1.29 is 23.5 Å². The van der Waals surface area contributed by atoms with Crippen LogP contribution >= 0.6 is 0 Å². The van der Waals surface area contributed by atoms with Gasteiger partial charge in [0.05, 0.1) is 35.8 Å². The molecule has 0 spiro atoms. The number of aryl methyl sites for hydroxylation is 1. The molecule has 2 unspecified atom stereocenters. The van der Waals surface area contributed by atoms with Crippen LogP contribution in [0.5, 0.6) is 0 Å². The van der Waals surface area contributed by atoms with Crippen molar-refractivity contribution >= 4 is 22.8 Å². The second-order valence-electron chi connectivity index (χ2n) is 8.28. The Morgan fingerprint density at radius 2 is 1.94 bits per heavy atom. The molecule has 0 N–H and O–H groups in total. The van der Waals surface area contributed by atoms with Gasteiger partial charge in [0.1, 0.15) is 5.58 Å². The Bertz CT molecular complexity index is 1270. The lowest BCUT2D eigenvalue weighted by Crippen LogP contribution is -2.36. The molecule has 2 aliphatic heterocycles. The van der Waals surface area contributed by atoms with E-state index in [9.17, 15) is 14.4 Å². The highest BCUT2D eigenvalue weighted by Crippen LogP contribution is 2.39. The van der Waals surface area contributed by atoms with Crippen LogP contribution in [0.2, 0.25) is 0 Å². The van der Waals surface area contributed by atoms with Crippen LogP contribution in [0.4, 0.5) is 0 Å². The van der Waals surface area contributed by atoms with Gasteiger partial charge in [-0.15, -0.1) is 0 Å². The van der Waals surface area contributed by atoms with Crippen LogP contribution in [-0.2, 0) is 9.47 Å². The maximum atomic E-state index is 13.6. The van der Waals surface area contributed by atoms with E-state index in [1.54, 1.807) is 41.3 Å². The van der Waals surface area contributed by atoms with E-state index >= 15 is 0 Å². The van der Waals surface area contributed by atoms with Gasteiger partial charge in [-0.05, 0) is 49.6 Å². The predicted octanol–water partition coefficient (Wildman–Crippen LogP) is 3.61. The van der Waals surface area contributed by atoms with Crippen molar-refractivity contribution in [3.63, 3.8) is 0 Å². The van der Waals surface area contributed by atoms with Gasteiger partial charge in [-0.2, -0.15) is 0 Å². The van der Waals surface area contributed by atoms with Crippen LogP contribution in [0.1, 0.15) is 56.5 Å². The molecule has 2 atom stereocenters. The van der Waals surface area contributed by atoms with Gasteiger partial charge in [-0.3, -0.25) is 9.59 Å². The van der Waals surface area contributed by atoms with Gasteiger partial charge in [0.2, 0.25) is 5.76 Å². The van der Waals surface area contributed by atoms with Crippen LogP contribution in [0.25, 0.3) is 11.0 Å². The van der Waals surface area contributed by atoms with Crippen LogP contribution in [0, 0.1) is 6.92 Å². The minimum Gasteiger partial charge on any atom is -0.465 e. The van der Waals surface area contributed by atoms with E-state index in [1.165, 1.54) is 7.11 Å². The summed E-state index contributed by atoms with van der Waals surface area (Å²) >= 11 is 0. The van der Waals surface area contributed by atoms with Gasteiger partial charge < -0.3 is 18.8 Å². The van der Waals surface area contributed by atoms with Crippen molar-refractivity contribution in [2.45, 2.75) is 31.9 Å². The number of hydrogen-bond acceptors (Lipinski definition) is 6. The van der Waals surface area contributed by atoms with Crippen molar-refractivity contribution in [3.8, 4) is 0 Å². The summed E-state index contributed by atoms with van der Waals surface area (Å²) in [4.78, 5) is 40.5. The smallest absolute Gasteiger partial charge is 0.337 e. The van der Waals surface area contributed by atoms with E-state index in [0.29, 0.717) is 35.2 Å². The number of ether oxygens (including phenoxy) is 2. The van der Waals surface area contributed by atoms with E-state index in [2.05, 4.69) is 0 Å². The fraction of sp³-hybridized carbons (Fsp3) is 0.320. The Kier molecular flexibility index (Phi) is 5.06. The Morgan fingerprint density at radius 3 is 2.62 bits per heavy atom. The first kappa shape index (κ1) is 20.5. The largest absolute Gasteiger partial charge is 0.465 e. The lowest BCUT2D eigenvalue weighted by atomic mass is 9.97. The average Bonchev–Trinajstić information content (AvgIpc) is 3.41. The molecule has 2 aromatic carbocycles. The molecule has 1 saturated heterocycles. The molecule has 2 aliphatic rings. The fourth-order valence-corrected chi connectivity index (χ4v) is 4.60. The molecule has 164 valence electrons. The monoisotopic (exact) mass is 433 g/mol. The van der Waals surface area contributed by atoms with Crippen LogP contribution in [-0.4, -0.2) is 43.1 Å². The summed E-state index contributed by atoms with van der Waals surface area (Å²) < 4.78 is 16.5. The van der Waals surface area contributed by atoms with E-state index in [1.807, 2.05) is 13.0 Å². The molecule has 7 nitrogen and oxygen atoms in total. The fourth-order valence-electron chi connectivity index (χ4n) is 4.60. The van der Waals surface area contributed by atoms with Crippen molar-refractivity contribution in [2.24, 2.45) is 0 Å². The zero-order chi connectivity index (χ0) is 22.4. The first-order valence-corrected chi connectivity index (χ1v) is 10.7. The second-order valence-corrected chi connectivity index (χ2v) is 8.28. The Morgan fingerprint density at radius 1 is 1.16 bits per heavy atom. The second kappa shape index (κ2) is 7.91. The molecule has 5 rings (SSSR count). The van der Waals surface area contributed by atoms with Gasteiger partial charge in [-0.1, -0.05) is 23.8 Å². The SMILES string of the molecule is COC(=O)c1ccc(C2c3c(oc4ccc(C)cc4c3=O)C(=O)N2CC2CCCO2)cc1. The number of esters is 1. The zero-order valence-electron chi connectivity index (χ0n) is 17.9. The summed E-state index contributed by atoms with van der Waals surface area (Å²) in [6.07, 6.45) is 1.71. The molecule has 3 aromatic rings. The molecular formula is C25H23NO6. The van der Waals surface area contributed by atoms with Gasteiger partial charge >= 0.3 is 5.97 Å². The third-order valence-electron chi connectivity index (χ3n) is 6.19. The topological polar surface area (TPSA) is 86.0 Å². The molecule has 7 heteroatoms. The summed E-state index contributed by atoms with van der Waals surface area (Å²) in [5.41, 5.74) is 2.57. The molecule has 32 heavy (non-hydrogen) atoms. The molecule has 1 fully saturated rings. The minimum absolute atomic E-state index is 0.0754. The number of nitrogens with zero attached hydrogens (tertiary/aromatic N) is 1. The molecule has 1 amide bonds. The number of benzene rings is 2. The highest BCUT2D eigenvalue weighted by molar-refractivity contribution is 5.99. The Labute approximate surface area is 184 Å². The highest BCUT2D eigenvalue weighted by Gasteiger charge is 2.43. The van der Waals surface area contributed by atoms with E-state index in [-0.39, 0.29) is 23.2 Å².